The number of nitrogens with one attached hydrogen (secondary N) is 1. The standard InChI is InChI=1S/C28H30N2O3S/c1-20-8-4-5-9-22(20)17-30-18-27(23-10-6-7-11-24(23)30)34-19-28(31)29-15-14-21-12-13-25(32-2)26(16-21)33-3/h4-13,16,18H,14-15,17,19H2,1-3H3,(H,29,31). The lowest BCUT2D eigenvalue weighted by atomic mass is 10.1. The van der Waals surface area contributed by atoms with E-state index in [4.69, 9.17) is 9.47 Å². The lowest BCUT2D eigenvalue weighted by Crippen LogP contribution is -2.27. The minimum atomic E-state index is 0.0289. The number of rotatable bonds is 10. The normalized spacial score (nSPS) is 10.9. The fourth-order valence-electron chi connectivity index (χ4n) is 4.01. The molecule has 1 N–H and O–H groups in total. The van der Waals surface area contributed by atoms with E-state index in [2.05, 4.69) is 65.5 Å². The average Bonchev–Trinajstić information content (AvgIpc) is 3.21. The van der Waals surface area contributed by atoms with Crippen molar-refractivity contribution in [2.45, 2.75) is 24.8 Å². The first-order chi connectivity index (χ1) is 16.6. The van der Waals surface area contributed by atoms with Crippen LogP contribution in [-0.4, -0.2) is 37.0 Å². The van der Waals surface area contributed by atoms with Crippen LogP contribution in [0.1, 0.15) is 16.7 Å². The van der Waals surface area contributed by atoms with Crippen molar-refractivity contribution in [1.82, 2.24) is 9.88 Å². The van der Waals surface area contributed by atoms with E-state index < -0.39 is 0 Å². The monoisotopic (exact) mass is 474 g/mol. The SMILES string of the molecule is COc1ccc(CCNC(=O)CSc2cn(Cc3ccccc3C)c3ccccc23)cc1OC. The lowest BCUT2D eigenvalue weighted by Gasteiger charge is -2.10. The molecular formula is C28H30N2O3S. The Bertz CT molecular complexity index is 1280. The van der Waals surface area contributed by atoms with E-state index in [0.717, 1.165) is 23.4 Å². The summed E-state index contributed by atoms with van der Waals surface area (Å²) < 4.78 is 12.9. The number of amides is 1. The van der Waals surface area contributed by atoms with Crippen molar-refractivity contribution in [1.29, 1.82) is 0 Å². The molecule has 0 saturated heterocycles. The Morgan fingerprint density at radius 1 is 0.971 bits per heavy atom. The molecule has 0 aliphatic carbocycles. The van der Waals surface area contributed by atoms with E-state index in [1.54, 1.807) is 26.0 Å². The number of hydrogen-bond donors (Lipinski definition) is 1. The van der Waals surface area contributed by atoms with Crippen molar-refractivity contribution in [3.63, 3.8) is 0 Å². The summed E-state index contributed by atoms with van der Waals surface area (Å²) in [6.45, 7) is 3.53. The van der Waals surface area contributed by atoms with Gasteiger partial charge in [0.05, 0.1) is 20.0 Å². The molecule has 0 atom stereocenters. The fourth-order valence-corrected chi connectivity index (χ4v) is 4.93. The highest BCUT2D eigenvalue weighted by atomic mass is 32.2. The molecule has 5 nitrogen and oxygen atoms in total. The second-order valence-corrected chi connectivity index (χ2v) is 9.16. The molecule has 176 valence electrons. The van der Waals surface area contributed by atoms with E-state index >= 15 is 0 Å². The van der Waals surface area contributed by atoms with Gasteiger partial charge in [-0.1, -0.05) is 48.5 Å². The van der Waals surface area contributed by atoms with E-state index in [-0.39, 0.29) is 5.91 Å². The van der Waals surface area contributed by atoms with Crippen LogP contribution in [0.2, 0.25) is 0 Å². The van der Waals surface area contributed by atoms with Crippen LogP contribution in [0.5, 0.6) is 11.5 Å². The van der Waals surface area contributed by atoms with Gasteiger partial charge in [0.25, 0.3) is 0 Å². The molecule has 0 bridgehead atoms. The van der Waals surface area contributed by atoms with Crippen LogP contribution in [-0.2, 0) is 17.8 Å². The van der Waals surface area contributed by atoms with Crippen molar-refractivity contribution in [2.75, 3.05) is 26.5 Å². The largest absolute Gasteiger partial charge is 0.493 e. The Hall–Kier alpha value is -3.38. The van der Waals surface area contributed by atoms with E-state index in [1.807, 2.05) is 24.3 Å². The van der Waals surface area contributed by atoms with Gasteiger partial charge in [-0.05, 0) is 48.2 Å². The van der Waals surface area contributed by atoms with E-state index in [0.29, 0.717) is 23.8 Å². The van der Waals surface area contributed by atoms with Crippen molar-refractivity contribution in [2.24, 2.45) is 0 Å². The fraction of sp³-hybridized carbons (Fsp3) is 0.250. The first-order valence-electron chi connectivity index (χ1n) is 11.3. The van der Waals surface area contributed by atoms with Crippen LogP contribution in [0.4, 0.5) is 0 Å². The molecule has 0 radical (unpaired) electrons. The third-order valence-electron chi connectivity index (χ3n) is 5.90. The van der Waals surface area contributed by atoms with E-state index in [1.165, 1.54) is 22.0 Å². The van der Waals surface area contributed by atoms with Crippen LogP contribution >= 0.6 is 11.8 Å². The lowest BCUT2D eigenvalue weighted by molar-refractivity contribution is -0.118. The molecular weight excluding hydrogens is 444 g/mol. The Labute approximate surface area is 205 Å². The summed E-state index contributed by atoms with van der Waals surface area (Å²) in [5.41, 5.74) is 4.85. The highest BCUT2D eigenvalue weighted by Crippen LogP contribution is 2.31. The van der Waals surface area contributed by atoms with Gasteiger partial charge in [0, 0.05) is 35.1 Å². The number of benzene rings is 3. The van der Waals surface area contributed by atoms with Crippen molar-refractivity contribution in [3.05, 3.63) is 89.6 Å². The number of hydrogen-bond acceptors (Lipinski definition) is 4. The number of carbonyl (C=O) groups is 1. The molecule has 3 aromatic carbocycles. The predicted molar refractivity (Wildman–Crippen MR) is 139 cm³/mol. The molecule has 0 aliphatic rings. The van der Waals surface area contributed by atoms with Crippen LogP contribution in [0.25, 0.3) is 10.9 Å². The summed E-state index contributed by atoms with van der Waals surface area (Å²) in [6.07, 6.45) is 2.89. The third kappa shape index (κ3) is 5.57. The number of nitrogens with zero attached hydrogens (tertiary/aromatic N) is 1. The molecule has 1 heterocycles. The predicted octanol–water partition coefficient (Wildman–Crippen LogP) is 5.47. The molecule has 1 amide bonds. The molecule has 0 aliphatic heterocycles. The summed E-state index contributed by atoms with van der Waals surface area (Å²) in [5, 5.41) is 4.21. The summed E-state index contributed by atoms with van der Waals surface area (Å²) in [7, 11) is 3.24. The number of fused-ring (bicyclic) bond motifs is 1. The number of thioether (sulfide) groups is 1. The van der Waals surface area contributed by atoms with Gasteiger partial charge in [0.1, 0.15) is 0 Å². The molecule has 0 saturated carbocycles. The van der Waals surface area contributed by atoms with Gasteiger partial charge in [-0.25, -0.2) is 0 Å². The third-order valence-corrected chi connectivity index (χ3v) is 6.94. The van der Waals surface area contributed by atoms with Crippen LogP contribution in [0.3, 0.4) is 0 Å². The Kier molecular flexibility index (Phi) is 7.80. The Morgan fingerprint density at radius 3 is 2.53 bits per heavy atom. The topological polar surface area (TPSA) is 52.5 Å². The quantitative estimate of drug-likeness (QED) is 0.310. The molecule has 34 heavy (non-hydrogen) atoms. The van der Waals surface area contributed by atoms with Gasteiger partial charge in [0.15, 0.2) is 11.5 Å². The van der Waals surface area contributed by atoms with Crippen LogP contribution < -0.4 is 14.8 Å². The number of para-hydroxylation sites is 1. The highest BCUT2D eigenvalue weighted by molar-refractivity contribution is 8.00. The minimum Gasteiger partial charge on any atom is -0.493 e. The summed E-state index contributed by atoms with van der Waals surface area (Å²) in [6, 6.07) is 22.7. The van der Waals surface area contributed by atoms with Gasteiger partial charge < -0.3 is 19.4 Å². The summed E-state index contributed by atoms with van der Waals surface area (Å²) in [5.74, 6) is 1.81. The number of methoxy groups -OCH3 is 2. The number of carbonyl (C=O) groups excluding carboxylic acids is 1. The minimum absolute atomic E-state index is 0.0289. The van der Waals surface area contributed by atoms with E-state index in [9.17, 15) is 4.79 Å². The molecule has 1 aromatic heterocycles. The Balaban J connectivity index is 1.36. The van der Waals surface area contributed by atoms with Crippen LogP contribution in [0, 0.1) is 6.92 Å². The van der Waals surface area contributed by atoms with Crippen molar-refractivity contribution < 1.29 is 14.3 Å². The number of aromatic nitrogens is 1. The number of ether oxygens (including phenoxy) is 2. The average molecular weight is 475 g/mol. The van der Waals surface area contributed by atoms with Crippen molar-refractivity contribution >= 4 is 28.6 Å². The first-order valence-corrected chi connectivity index (χ1v) is 12.3. The maximum Gasteiger partial charge on any atom is 0.230 e. The zero-order valence-corrected chi connectivity index (χ0v) is 20.7. The zero-order valence-electron chi connectivity index (χ0n) is 19.8. The maximum atomic E-state index is 12.5. The van der Waals surface area contributed by atoms with Crippen molar-refractivity contribution in [3.8, 4) is 11.5 Å². The highest BCUT2D eigenvalue weighted by Gasteiger charge is 2.12. The summed E-state index contributed by atoms with van der Waals surface area (Å²) in [4.78, 5) is 13.6. The second-order valence-electron chi connectivity index (χ2n) is 8.14. The van der Waals surface area contributed by atoms with Crippen LogP contribution in [0.15, 0.2) is 77.8 Å². The van der Waals surface area contributed by atoms with Gasteiger partial charge in [-0.15, -0.1) is 11.8 Å². The van der Waals surface area contributed by atoms with Gasteiger partial charge in [-0.3, -0.25) is 4.79 Å². The maximum absolute atomic E-state index is 12.5. The molecule has 0 fully saturated rings. The molecule has 6 heteroatoms. The second kappa shape index (κ2) is 11.2. The molecule has 0 unspecified atom stereocenters. The van der Waals surface area contributed by atoms with Gasteiger partial charge in [-0.2, -0.15) is 0 Å². The molecule has 4 aromatic rings. The smallest absolute Gasteiger partial charge is 0.230 e. The van der Waals surface area contributed by atoms with Gasteiger partial charge in [0.2, 0.25) is 5.91 Å². The van der Waals surface area contributed by atoms with Gasteiger partial charge >= 0.3 is 0 Å². The Morgan fingerprint density at radius 2 is 1.74 bits per heavy atom. The zero-order chi connectivity index (χ0) is 23.9. The summed E-state index contributed by atoms with van der Waals surface area (Å²) >= 11 is 1.58. The number of aryl methyl sites for hydroxylation is 1. The first kappa shape index (κ1) is 23.8. The molecule has 4 rings (SSSR count). The molecule has 0 spiro atoms.